The molecule has 3 rings (SSSR count). The molecule has 0 saturated carbocycles. The Hall–Kier alpha value is -4.41. The molecule has 42 heavy (non-hydrogen) atoms. The molecule has 1 heterocycles. The largest absolute Gasteiger partial charge is 0.459 e. The standard InChI is InChI=1S/C31H39N3O8/c1-4-20(2)25-26(42-30(25)38)28(36)32-17-11-16-24(29(37)40-18-22-12-7-5-8-13-22)34-27(35)21(3)33-31(39)41-19-23-14-9-6-10-15-23/h5-10,12-15,20-21,24-26H,4,11,16-19H2,1-3H3,(H,32,36)(H,33,39)(H,34,35)/t20-,21-,24-,25-,26+/m0/s1. The molecule has 0 aromatic heterocycles. The molecule has 11 nitrogen and oxygen atoms in total. The molecule has 0 radical (unpaired) electrons. The third kappa shape index (κ3) is 9.60. The molecule has 0 bridgehead atoms. The number of benzene rings is 2. The molecule has 1 fully saturated rings. The van der Waals surface area contributed by atoms with Crippen LogP contribution in [0.2, 0.25) is 0 Å². The van der Waals surface area contributed by atoms with Crippen LogP contribution in [0.15, 0.2) is 60.7 Å². The van der Waals surface area contributed by atoms with Crippen molar-refractivity contribution in [2.75, 3.05) is 6.54 Å². The zero-order valence-corrected chi connectivity index (χ0v) is 24.2. The van der Waals surface area contributed by atoms with Gasteiger partial charge in [-0.2, -0.15) is 0 Å². The third-order valence-corrected chi connectivity index (χ3v) is 7.09. The van der Waals surface area contributed by atoms with Gasteiger partial charge in [-0.25, -0.2) is 9.59 Å². The number of esters is 2. The Balaban J connectivity index is 1.51. The van der Waals surface area contributed by atoms with E-state index in [0.717, 1.165) is 17.5 Å². The van der Waals surface area contributed by atoms with Crippen LogP contribution in [-0.2, 0) is 46.6 Å². The van der Waals surface area contributed by atoms with Gasteiger partial charge in [-0.1, -0.05) is 80.9 Å². The molecule has 0 unspecified atom stereocenters. The van der Waals surface area contributed by atoms with E-state index in [4.69, 9.17) is 14.2 Å². The lowest BCUT2D eigenvalue weighted by Crippen LogP contribution is -2.56. The van der Waals surface area contributed by atoms with Crippen molar-refractivity contribution < 1.29 is 38.2 Å². The molecule has 1 saturated heterocycles. The summed E-state index contributed by atoms with van der Waals surface area (Å²) in [4.78, 5) is 62.4. The molecule has 5 atom stereocenters. The van der Waals surface area contributed by atoms with E-state index in [0.29, 0.717) is 6.42 Å². The second-order valence-electron chi connectivity index (χ2n) is 10.3. The Morgan fingerprint density at radius 1 is 0.881 bits per heavy atom. The van der Waals surface area contributed by atoms with Crippen molar-refractivity contribution in [2.45, 2.75) is 71.4 Å². The summed E-state index contributed by atoms with van der Waals surface area (Å²) in [5.74, 6) is -2.47. The predicted octanol–water partition coefficient (Wildman–Crippen LogP) is 3.01. The first-order valence-electron chi connectivity index (χ1n) is 14.2. The highest BCUT2D eigenvalue weighted by molar-refractivity contribution is 5.94. The fourth-order valence-corrected chi connectivity index (χ4v) is 4.33. The number of cyclic esters (lactones) is 1. The van der Waals surface area contributed by atoms with Crippen LogP contribution in [-0.4, -0.2) is 54.6 Å². The molecular weight excluding hydrogens is 542 g/mol. The average Bonchev–Trinajstić information content (AvgIpc) is 2.99. The van der Waals surface area contributed by atoms with E-state index in [1.54, 1.807) is 12.1 Å². The van der Waals surface area contributed by atoms with Crippen molar-refractivity contribution in [3.8, 4) is 0 Å². The van der Waals surface area contributed by atoms with Crippen LogP contribution < -0.4 is 16.0 Å². The monoisotopic (exact) mass is 581 g/mol. The Morgan fingerprint density at radius 2 is 1.48 bits per heavy atom. The predicted molar refractivity (Wildman–Crippen MR) is 152 cm³/mol. The van der Waals surface area contributed by atoms with Crippen molar-refractivity contribution in [1.82, 2.24) is 16.0 Å². The van der Waals surface area contributed by atoms with E-state index >= 15 is 0 Å². The summed E-state index contributed by atoms with van der Waals surface area (Å²) < 4.78 is 15.7. The summed E-state index contributed by atoms with van der Waals surface area (Å²) >= 11 is 0. The number of amides is 3. The topological polar surface area (TPSA) is 149 Å². The molecule has 1 aliphatic heterocycles. The fourth-order valence-electron chi connectivity index (χ4n) is 4.33. The van der Waals surface area contributed by atoms with Gasteiger partial charge in [0.1, 0.15) is 31.2 Å². The molecule has 3 N–H and O–H groups in total. The van der Waals surface area contributed by atoms with Crippen LogP contribution in [0.25, 0.3) is 0 Å². The van der Waals surface area contributed by atoms with E-state index < -0.39 is 42.1 Å². The number of carbonyl (C=O) groups excluding carboxylic acids is 5. The highest BCUT2D eigenvalue weighted by Gasteiger charge is 2.49. The maximum Gasteiger partial charge on any atom is 0.408 e. The minimum atomic E-state index is -1.03. The van der Waals surface area contributed by atoms with E-state index in [2.05, 4.69) is 16.0 Å². The van der Waals surface area contributed by atoms with Crippen LogP contribution in [0.4, 0.5) is 4.79 Å². The molecule has 0 spiro atoms. The summed E-state index contributed by atoms with van der Waals surface area (Å²) in [5, 5.41) is 7.83. The number of hydrogen-bond donors (Lipinski definition) is 3. The molecule has 226 valence electrons. The van der Waals surface area contributed by atoms with Gasteiger partial charge >= 0.3 is 18.0 Å². The Morgan fingerprint density at radius 3 is 2.05 bits per heavy atom. The van der Waals surface area contributed by atoms with Crippen molar-refractivity contribution in [3.05, 3.63) is 71.8 Å². The summed E-state index contributed by atoms with van der Waals surface area (Å²) in [7, 11) is 0. The van der Waals surface area contributed by atoms with E-state index in [9.17, 15) is 24.0 Å². The Kier molecular flexibility index (Phi) is 12.3. The molecule has 11 heteroatoms. The molecule has 2 aromatic carbocycles. The van der Waals surface area contributed by atoms with Crippen LogP contribution >= 0.6 is 0 Å². The smallest absolute Gasteiger partial charge is 0.408 e. The van der Waals surface area contributed by atoms with Crippen molar-refractivity contribution in [1.29, 1.82) is 0 Å². The molecule has 2 aromatic rings. The lowest BCUT2D eigenvalue weighted by Gasteiger charge is -2.37. The van der Waals surface area contributed by atoms with Gasteiger partial charge < -0.3 is 30.2 Å². The van der Waals surface area contributed by atoms with Crippen LogP contribution in [0.5, 0.6) is 0 Å². The zero-order chi connectivity index (χ0) is 30.5. The molecule has 1 aliphatic rings. The highest BCUT2D eigenvalue weighted by Crippen LogP contribution is 2.31. The van der Waals surface area contributed by atoms with Gasteiger partial charge in [-0.05, 0) is 36.8 Å². The van der Waals surface area contributed by atoms with Gasteiger partial charge in [0.05, 0.1) is 0 Å². The number of alkyl carbamates (subject to hydrolysis) is 1. The van der Waals surface area contributed by atoms with Crippen molar-refractivity contribution in [2.24, 2.45) is 11.8 Å². The maximum atomic E-state index is 12.9. The minimum Gasteiger partial charge on any atom is -0.459 e. The number of ether oxygens (including phenoxy) is 3. The number of carbonyl (C=O) groups is 5. The van der Waals surface area contributed by atoms with Crippen LogP contribution in [0, 0.1) is 11.8 Å². The first-order chi connectivity index (χ1) is 20.2. The van der Waals surface area contributed by atoms with Gasteiger partial charge in [-0.15, -0.1) is 0 Å². The van der Waals surface area contributed by atoms with E-state index in [1.807, 2.05) is 62.4 Å². The minimum absolute atomic E-state index is 0.0203. The second kappa shape index (κ2) is 16.1. The zero-order valence-electron chi connectivity index (χ0n) is 24.2. The summed E-state index contributed by atoms with van der Waals surface area (Å²) in [6.45, 7) is 5.57. The quantitative estimate of drug-likeness (QED) is 0.165. The van der Waals surface area contributed by atoms with Gasteiger partial charge in [-0.3, -0.25) is 14.4 Å². The number of hydrogen-bond acceptors (Lipinski definition) is 8. The lowest BCUT2D eigenvalue weighted by atomic mass is 9.83. The van der Waals surface area contributed by atoms with Crippen molar-refractivity contribution in [3.63, 3.8) is 0 Å². The average molecular weight is 582 g/mol. The van der Waals surface area contributed by atoms with E-state index in [1.165, 1.54) is 6.92 Å². The number of rotatable bonds is 15. The molecule has 3 amide bonds. The first kappa shape index (κ1) is 32.1. The van der Waals surface area contributed by atoms with Gasteiger partial charge in [0.15, 0.2) is 6.10 Å². The van der Waals surface area contributed by atoms with Crippen LogP contribution in [0.1, 0.15) is 51.2 Å². The summed E-state index contributed by atoms with van der Waals surface area (Å²) in [5.41, 5.74) is 1.58. The van der Waals surface area contributed by atoms with E-state index in [-0.39, 0.29) is 44.0 Å². The molecular formula is C31H39N3O8. The summed E-state index contributed by atoms with van der Waals surface area (Å²) in [6, 6.07) is 16.2. The normalized spacial score (nSPS) is 17.8. The van der Waals surface area contributed by atoms with Gasteiger partial charge in [0.25, 0.3) is 5.91 Å². The van der Waals surface area contributed by atoms with Gasteiger partial charge in [0, 0.05) is 6.54 Å². The first-order valence-corrected chi connectivity index (χ1v) is 14.2. The Bertz CT molecular complexity index is 1210. The Labute approximate surface area is 245 Å². The van der Waals surface area contributed by atoms with Crippen LogP contribution in [0.3, 0.4) is 0 Å². The van der Waals surface area contributed by atoms with Gasteiger partial charge in [0.2, 0.25) is 5.91 Å². The molecule has 0 aliphatic carbocycles. The number of nitrogens with one attached hydrogen (secondary N) is 3. The van der Waals surface area contributed by atoms with Crippen molar-refractivity contribution >= 4 is 29.8 Å². The third-order valence-electron chi connectivity index (χ3n) is 7.09. The maximum absolute atomic E-state index is 12.9. The highest BCUT2D eigenvalue weighted by atomic mass is 16.6. The lowest BCUT2D eigenvalue weighted by molar-refractivity contribution is -0.193. The second-order valence-corrected chi connectivity index (χ2v) is 10.3. The summed E-state index contributed by atoms with van der Waals surface area (Å²) in [6.07, 6.45) is -0.377. The fraction of sp³-hybridized carbons (Fsp3) is 0.452. The SMILES string of the molecule is CC[C@H](C)[C@@H]1C(=O)O[C@H]1C(=O)NCCC[C@H](NC(=O)[C@H](C)NC(=O)OCc1ccccc1)C(=O)OCc1ccccc1.